The molecule has 2 nitrogen and oxygen atoms in total. The zero-order chi connectivity index (χ0) is 35.7. The summed E-state index contributed by atoms with van der Waals surface area (Å²) in [6.45, 7) is 10.7. The van der Waals surface area contributed by atoms with Crippen LogP contribution in [0.25, 0.3) is 49.4 Å². The van der Waals surface area contributed by atoms with E-state index in [9.17, 15) is 0 Å². The fourth-order valence-corrected chi connectivity index (χ4v) is 6.52. The summed E-state index contributed by atoms with van der Waals surface area (Å²) in [6.07, 6.45) is 14.6. The van der Waals surface area contributed by atoms with E-state index in [0.717, 1.165) is 56.8 Å². The highest BCUT2D eigenvalue weighted by molar-refractivity contribution is 6.02. The highest BCUT2D eigenvalue weighted by Gasteiger charge is 2.10. The second-order valence-corrected chi connectivity index (χ2v) is 12.8. The number of benzene rings is 6. The number of rotatable bonds is 11. The van der Waals surface area contributed by atoms with Gasteiger partial charge in [-0.15, -0.1) is 0 Å². The number of hydrogen-bond acceptors (Lipinski definition) is 2. The second-order valence-electron chi connectivity index (χ2n) is 12.8. The Bertz CT molecular complexity index is 2520. The molecule has 7 aromatic rings. The molecule has 52 heavy (non-hydrogen) atoms. The monoisotopic (exact) mass is 668 g/mol. The van der Waals surface area contributed by atoms with Gasteiger partial charge in [-0.2, -0.15) is 0 Å². The van der Waals surface area contributed by atoms with Crippen molar-refractivity contribution in [3.63, 3.8) is 0 Å². The third-order valence-electron chi connectivity index (χ3n) is 9.26. The summed E-state index contributed by atoms with van der Waals surface area (Å²) in [4.78, 5) is 9.59. The van der Waals surface area contributed by atoms with Gasteiger partial charge in [0, 0.05) is 18.1 Å². The first-order chi connectivity index (χ1) is 25.6. The molecule has 7 rings (SSSR count). The van der Waals surface area contributed by atoms with Crippen LogP contribution in [0.2, 0.25) is 0 Å². The summed E-state index contributed by atoms with van der Waals surface area (Å²) in [5.41, 5.74) is 11.4. The standard InChI is InChI=1S/C50H40N2/c1-4-14-41(21-9-15-38-16-13-30-51-35-38)50(31-36(2)42-22-10-24-45(32-42)46-29-28-39-17-5-6-19-44(39)34-46)52-37(3)43-23-11-25-47(33-43)49-27-12-20-40-18-7-8-26-48(40)49/h4-14,16-35H,1-2,15H2,3H3/b21-9-,41-14+,50-31-,52-37+. The summed E-state index contributed by atoms with van der Waals surface area (Å²) in [5.74, 6) is 0. The molecular weight excluding hydrogens is 629 g/mol. The van der Waals surface area contributed by atoms with Gasteiger partial charge in [-0.25, -0.2) is 0 Å². The molecule has 0 N–H and O–H groups in total. The predicted molar refractivity (Wildman–Crippen MR) is 223 cm³/mol. The molecule has 0 aliphatic carbocycles. The summed E-state index contributed by atoms with van der Waals surface area (Å²) in [7, 11) is 0. The smallest absolute Gasteiger partial charge is 0.0711 e. The summed E-state index contributed by atoms with van der Waals surface area (Å²) in [5, 5.41) is 4.91. The quantitative estimate of drug-likeness (QED) is 0.0995. The van der Waals surface area contributed by atoms with Gasteiger partial charge in [-0.1, -0.05) is 159 Å². The Labute approximate surface area is 306 Å². The minimum atomic E-state index is 0.750. The first-order valence-electron chi connectivity index (χ1n) is 17.6. The first-order valence-corrected chi connectivity index (χ1v) is 17.6. The lowest BCUT2D eigenvalue weighted by Gasteiger charge is -2.12. The Morgan fingerprint density at radius 3 is 2.21 bits per heavy atom. The van der Waals surface area contributed by atoms with E-state index in [1.165, 1.54) is 32.7 Å². The number of pyridine rings is 1. The molecule has 0 bridgehead atoms. The lowest BCUT2D eigenvalue weighted by Crippen LogP contribution is -1.98. The fourth-order valence-electron chi connectivity index (χ4n) is 6.52. The molecule has 0 amide bonds. The summed E-state index contributed by atoms with van der Waals surface area (Å²) < 4.78 is 0. The van der Waals surface area contributed by atoms with Crippen molar-refractivity contribution >= 4 is 32.8 Å². The van der Waals surface area contributed by atoms with Crippen molar-refractivity contribution in [2.75, 3.05) is 0 Å². The number of aromatic nitrogens is 1. The van der Waals surface area contributed by atoms with Crippen molar-refractivity contribution in [3.05, 3.63) is 229 Å². The molecule has 1 aromatic heterocycles. The van der Waals surface area contributed by atoms with Crippen molar-refractivity contribution in [1.82, 2.24) is 4.98 Å². The van der Waals surface area contributed by atoms with Crippen LogP contribution >= 0.6 is 0 Å². The van der Waals surface area contributed by atoms with Gasteiger partial charge in [0.25, 0.3) is 0 Å². The van der Waals surface area contributed by atoms with Crippen LogP contribution in [0, 0.1) is 0 Å². The van der Waals surface area contributed by atoms with Crippen molar-refractivity contribution in [1.29, 1.82) is 0 Å². The maximum Gasteiger partial charge on any atom is 0.0711 e. The van der Waals surface area contributed by atoms with E-state index in [1.54, 1.807) is 6.20 Å². The van der Waals surface area contributed by atoms with Gasteiger partial charge in [0.2, 0.25) is 0 Å². The largest absolute Gasteiger partial charge is 0.264 e. The molecule has 0 radical (unpaired) electrons. The number of fused-ring (bicyclic) bond motifs is 2. The minimum absolute atomic E-state index is 0.750. The van der Waals surface area contributed by atoms with Crippen molar-refractivity contribution in [3.8, 4) is 22.3 Å². The predicted octanol–water partition coefficient (Wildman–Crippen LogP) is 13.0. The van der Waals surface area contributed by atoms with E-state index in [1.807, 2.05) is 24.4 Å². The normalized spacial score (nSPS) is 12.4. The van der Waals surface area contributed by atoms with E-state index < -0.39 is 0 Å². The minimum Gasteiger partial charge on any atom is -0.264 e. The number of hydrogen-bond donors (Lipinski definition) is 0. The summed E-state index contributed by atoms with van der Waals surface area (Å²) in [6, 6.07) is 51.3. The Hall–Kier alpha value is -6.64. The van der Waals surface area contributed by atoms with Gasteiger partial charge in [-0.3, -0.25) is 9.98 Å². The SMILES string of the molecule is C=C/C=C(\C=C/Cc1cccnc1)C(=C/C(=C)c1cccc(-c2ccc3ccccc3c2)c1)/N=C(\C)c1cccc(-c2cccc3ccccc23)c1. The Kier molecular flexibility index (Phi) is 10.4. The van der Waals surface area contributed by atoms with Gasteiger partial charge in [0.15, 0.2) is 0 Å². The molecule has 0 aliphatic heterocycles. The molecular formula is C50H40N2. The van der Waals surface area contributed by atoms with Crippen LogP contribution in [0.15, 0.2) is 218 Å². The Morgan fingerprint density at radius 2 is 1.38 bits per heavy atom. The molecule has 0 aliphatic rings. The number of aliphatic imine (C=N–C) groups is 1. The molecule has 2 heteroatoms. The average Bonchev–Trinajstić information content (AvgIpc) is 3.20. The van der Waals surface area contributed by atoms with E-state index in [0.29, 0.717) is 0 Å². The number of allylic oxidation sites excluding steroid dienone is 6. The van der Waals surface area contributed by atoms with E-state index in [4.69, 9.17) is 4.99 Å². The molecule has 6 aromatic carbocycles. The van der Waals surface area contributed by atoms with Crippen LogP contribution in [-0.4, -0.2) is 10.7 Å². The molecule has 1 heterocycles. The van der Waals surface area contributed by atoms with Crippen LogP contribution in [0.1, 0.15) is 23.6 Å². The van der Waals surface area contributed by atoms with Gasteiger partial charge in [0.1, 0.15) is 0 Å². The maximum absolute atomic E-state index is 5.31. The molecule has 0 spiro atoms. The van der Waals surface area contributed by atoms with E-state index in [-0.39, 0.29) is 0 Å². The Balaban J connectivity index is 1.27. The van der Waals surface area contributed by atoms with Crippen LogP contribution in [0.4, 0.5) is 0 Å². The summed E-state index contributed by atoms with van der Waals surface area (Å²) >= 11 is 0. The molecule has 0 saturated carbocycles. The maximum atomic E-state index is 5.31. The first kappa shape index (κ1) is 33.8. The molecule has 0 fully saturated rings. The highest BCUT2D eigenvalue weighted by Crippen LogP contribution is 2.31. The third-order valence-corrected chi connectivity index (χ3v) is 9.26. The van der Waals surface area contributed by atoms with Crippen LogP contribution < -0.4 is 0 Å². The second kappa shape index (κ2) is 15.9. The zero-order valence-corrected chi connectivity index (χ0v) is 29.4. The van der Waals surface area contributed by atoms with Crippen molar-refractivity contribution in [2.45, 2.75) is 13.3 Å². The molecule has 250 valence electrons. The Morgan fingerprint density at radius 1 is 0.673 bits per heavy atom. The topological polar surface area (TPSA) is 25.2 Å². The van der Waals surface area contributed by atoms with E-state index in [2.05, 4.69) is 183 Å². The molecule has 0 saturated heterocycles. The lowest BCUT2D eigenvalue weighted by atomic mass is 9.96. The lowest BCUT2D eigenvalue weighted by molar-refractivity contribution is 1.19. The van der Waals surface area contributed by atoms with Crippen molar-refractivity contribution in [2.24, 2.45) is 4.99 Å². The number of nitrogens with zero attached hydrogens (tertiary/aromatic N) is 2. The average molecular weight is 669 g/mol. The zero-order valence-electron chi connectivity index (χ0n) is 29.4. The van der Waals surface area contributed by atoms with Crippen molar-refractivity contribution < 1.29 is 0 Å². The fraction of sp³-hybridized carbons (Fsp3) is 0.0400. The van der Waals surface area contributed by atoms with Crippen LogP contribution in [0.3, 0.4) is 0 Å². The third kappa shape index (κ3) is 7.88. The van der Waals surface area contributed by atoms with Crippen LogP contribution in [-0.2, 0) is 6.42 Å². The van der Waals surface area contributed by atoms with Gasteiger partial charge in [-0.05, 0) is 115 Å². The van der Waals surface area contributed by atoms with Gasteiger partial charge >= 0.3 is 0 Å². The molecule has 0 unspecified atom stereocenters. The highest BCUT2D eigenvalue weighted by atomic mass is 14.8. The van der Waals surface area contributed by atoms with Crippen LogP contribution in [0.5, 0.6) is 0 Å². The van der Waals surface area contributed by atoms with E-state index >= 15 is 0 Å². The van der Waals surface area contributed by atoms with Gasteiger partial charge < -0.3 is 0 Å². The van der Waals surface area contributed by atoms with Gasteiger partial charge in [0.05, 0.1) is 5.70 Å². The molecule has 0 atom stereocenters.